The molecule has 1 aromatic heterocycles. The van der Waals surface area contributed by atoms with Crippen LogP contribution in [0.1, 0.15) is 24.1 Å². The summed E-state index contributed by atoms with van der Waals surface area (Å²) in [6.07, 6.45) is -4.61. The average Bonchev–Trinajstić information content (AvgIpc) is 2.09. The molecule has 0 radical (unpaired) electrons. The van der Waals surface area contributed by atoms with Crippen LogP contribution in [0.3, 0.4) is 0 Å². The second-order valence-electron chi connectivity index (χ2n) is 3.14. The molecule has 0 bridgehead atoms. The van der Waals surface area contributed by atoms with Crippen molar-refractivity contribution in [2.24, 2.45) is 0 Å². The second-order valence-corrected chi connectivity index (χ2v) is 3.14. The van der Waals surface area contributed by atoms with E-state index in [1.807, 2.05) is 0 Å². The smallest absolute Gasteiger partial charge is 0.423 e. The fourth-order valence-corrected chi connectivity index (χ4v) is 1.12. The van der Waals surface area contributed by atoms with Crippen LogP contribution in [0.25, 0.3) is 0 Å². The van der Waals surface area contributed by atoms with E-state index in [0.717, 1.165) is 6.92 Å². The third kappa shape index (κ3) is 2.68. The van der Waals surface area contributed by atoms with Gasteiger partial charge in [0, 0.05) is 6.92 Å². The summed E-state index contributed by atoms with van der Waals surface area (Å²) >= 11 is 0. The fourth-order valence-electron chi connectivity index (χ4n) is 1.12. The molecule has 16 heavy (non-hydrogen) atoms. The van der Waals surface area contributed by atoms with Gasteiger partial charge in [0.25, 0.3) is 0 Å². The van der Waals surface area contributed by atoms with Crippen LogP contribution in [0.4, 0.5) is 13.2 Å². The lowest BCUT2D eigenvalue weighted by Gasteiger charge is -2.11. The minimum atomic E-state index is -4.61. The van der Waals surface area contributed by atoms with E-state index in [0.29, 0.717) is 0 Å². The van der Waals surface area contributed by atoms with Gasteiger partial charge < -0.3 is 4.74 Å². The molecule has 0 N–H and O–H groups in total. The highest BCUT2D eigenvalue weighted by Crippen LogP contribution is 2.29. The van der Waals surface area contributed by atoms with Crippen LogP contribution in [0.2, 0.25) is 0 Å². The topological polar surface area (TPSA) is 52.1 Å². The first-order valence-corrected chi connectivity index (χ1v) is 4.32. The molecule has 0 saturated heterocycles. The van der Waals surface area contributed by atoms with Crippen molar-refractivity contribution in [3.63, 3.8) is 0 Å². The first kappa shape index (κ1) is 12.4. The van der Waals surface area contributed by atoms with Gasteiger partial charge in [0.05, 0.1) is 11.4 Å². The second kappa shape index (κ2) is 4.07. The molecule has 1 aromatic rings. The van der Waals surface area contributed by atoms with Gasteiger partial charge in [-0.1, -0.05) is 0 Å². The minimum Gasteiger partial charge on any atom is -0.423 e. The Morgan fingerprint density at radius 2 is 1.62 bits per heavy atom. The number of carbonyl (C=O) groups is 1. The molecule has 7 heteroatoms. The maximum Gasteiger partial charge on any atom is 0.451 e. The molecule has 0 aliphatic carbocycles. The Balaban J connectivity index is 3.23. The summed E-state index contributed by atoms with van der Waals surface area (Å²) < 4.78 is 41.6. The van der Waals surface area contributed by atoms with Crippen molar-refractivity contribution in [2.45, 2.75) is 26.9 Å². The number of halogens is 3. The highest BCUT2D eigenvalue weighted by molar-refractivity contribution is 5.69. The number of carbonyl (C=O) groups excluding carboxylic acids is 1. The predicted molar refractivity (Wildman–Crippen MR) is 47.8 cm³/mol. The first-order chi connectivity index (χ1) is 7.21. The van der Waals surface area contributed by atoms with E-state index in [-0.39, 0.29) is 17.1 Å². The first-order valence-electron chi connectivity index (χ1n) is 4.32. The Bertz CT molecular complexity index is 406. The number of alkyl halides is 3. The molecular weight excluding hydrogens is 225 g/mol. The van der Waals surface area contributed by atoms with E-state index in [4.69, 9.17) is 4.74 Å². The Labute approximate surface area is 89.5 Å². The van der Waals surface area contributed by atoms with Gasteiger partial charge in [0.1, 0.15) is 0 Å². The van der Waals surface area contributed by atoms with Gasteiger partial charge in [0.2, 0.25) is 5.82 Å². The summed E-state index contributed by atoms with van der Waals surface area (Å²) in [6.45, 7) is 3.79. The fraction of sp³-hybridized carbons (Fsp3) is 0.444. The highest BCUT2D eigenvalue weighted by Gasteiger charge is 2.35. The Kier molecular flexibility index (Phi) is 3.16. The number of hydrogen-bond acceptors (Lipinski definition) is 4. The summed E-state index contributed by atoms with van der Waals surface area (Å²) in [6, 6.07) is 0. The van der Waals surface area contributed by atoms with E-state index in [9.17, 15) is 18.0 Å². The summed E-state index contributed by atoms with van der Waals surface area (Å²) in [4.78, 5) is 17.2. The van der Waals surface area contributed by atoms with Gasteiger partial charge in [-0.15, -0.1) is 0 Å². The summed E-state index contributed by atoms with van der Waals surface area (Å²) in [5.74, 6) is -1.89. The molecular formula is C9H9F3N2O2. The van der Waals surface area contributed by atoms with Crippen LogP contribution in [0, 0.1) is 13.8 Å². The van der Waals surface area contributed by atoms with Crippen LogP contribution >= 0.6 is 0 Å². The maximum atomic E-state index is 12.3. The van der Waals surface area contributed by atoms with Gasteiger partial charge in [-0.3, -0.25) is 4.79 Å². The van der Waals surface area contributed by atoms with Crippen molar-refractivity contribution in [2.75, 3.05) is 0 Å². The maximum absolute atomic E-state index is 12.3. The number of esters is 1. The van der Waals surface area contributed by atoms with Gasteiger partial charge >= 0.3 is 12.1 Å². The summed E-state index contributed by atoms with van der Waals surface area (Å²) in [7, 11) is 0. The molecule has 0 unspecified atom stereocenters. The third-order valence-electron chi connectivity index (χ3n) is 1.70. The molecule has 0 aromatic carbocycles. The monoisotopic (exact) mass is 234 g/mol. The van der Waals surface area contributed by atoms with Crippen molar-refractivity contribution >= 4 is 5.97 Å². The molecule has 0 spiro atoms. The van der Waals surface area contributed by atoms with Gasteiger partial charge in [0.15, 0.2) is 5.75 Å². The lowest BCUT2D eigenvalue weighted by Crippen LogP contribution is -2.15. The quantitative estimate of drug-likeness (QED) is 0.698. The van der Waals surface area contributed by atoms with Crippen molar-refractivity contribution in [3.8, 4) is 5.75 Å². The molecule has 0 amide bonds. The van der Waals surface area contributed by atoms with Crippen LogP contribution in [-0.4, -0.2) is 15.9 Å². The zero-order chi connectivity index (χ0) is 12.5. The van der Waals surface area contributed by atoms with E-state index in [2.05, 4.69) is 9.97 Å². The van der Waals surface area contributed by atoms with Gasteiger partial charge in [-0.05, 0) is 13.8 Å². The van der Waals surface area contributed by atoms with E-state index < -0.39 is 18.0 Å². The average molecular weight is 234 g/mol. The molecule has 0 fully saturated rings. The molecule has 88 valence electrons. The standard InChI is InChI=1S/C9H9F3N2O2/c1-4-7(16-6(3)15)5(2)14-8(13-4)9(10,11)12/h1-3H3. The van der Waals surface area contributed by atoms with Crippen molar-refractivity contribution in [1.82, 2.24) is 9.97 Å². The van der Waals surface area contributed by atoms with Crippen LogP contribution in [-0.2, 0) is 11.0 Å². The van der Waals surface area contributed by atoms with Crippen molar-refractivity contribution in [3.05, 3.63) is 17.2 Å². The molecule has 0 atom stereocenters. The highest BCUT2D eigenvalue weighted by atomic mass is 19.4. The van der Waals surface area contributed by atoms with Gasteiger partial charge in [-0.25, -0.2) is 9.97 Å². The molecule has 4 nitrogen and oxygen atoms in total. The normalized spacial score (nSPS) is 11.4. The van der Waals surface area contributed by atoms with Crippen LogP contribution < -0.4 is 4.74 Å². The number of aromatic nitrogens is 2. The van der Waals surface area contributed by atoms with E-state index in [1.165, 1.54) is 13.8 Å². The summed E-state index contributed by atoms with van der Waals surface area (Å²) in [5, 5.41) is 0. The van der Waals surface area contributed by atoms with Crippen LogP contribution in [0.15, 0.2) is 0 Å². The number of hydrogen-bond donors (Lipinski definition) is 0. The molecule has 0 aliphatic rings. The lowest BCUT2D eigenvalue weighted by atomic mass is 10.3. The molecule has 0 saturated carbocycles. The molecule has 1 rings (SSSR count). The van der Waals surface area contributed by atoms with Crippen molar-refractivity contribution < 1.29 is 22.7 Å². The van der Waals surface area contributed by atoms with E-state index >= 15 is 0 Å². The number of nitrogens with zero attached hydrogens (tertiary/aromatic N) is 2. The summed E-state index contributed by atoms with van der Waals surface area (Å²) in [5.41, 5.74) is -0.0370. The predicted octanol–water partition coefficient (Wildman–Crippen LogP) is 2.04. The van der Waals surface area contributed by atoms with Crippen molar-refractivity contribution in [1.29, 1.82) is 0 Å². The lowest BCUT2D eigenvalue weighted by molar-refractivity contribution is -0.145. The largest absolute Gasteiger partial charge is 0.451 e. The zero-order valence-electron chi connectivity index (χ0n) is 8.84. The Morgan fingerprint density at radius 1 is 1.19 bits per heavy atom. The number of ether oxygens (including phenoxy) is 1. The van der Waals surface area contributed by atoms with Crippen LogP contribution in [0.5, 0.6) is 5.75 Å². The Hall–Kier alpha value is -1.66. The number of rotatable bonds is 1. The Morgan fingerprint density at radius 3 is 1.94 bits per heavy atom. The molecule has 0 aliphatic heterocycles. The zero-order valence-corrected chi connectivity index (χ0v) is 8.84. The molecule has 1 heterocycles. The third-order valence-corrected chi connectivity index (χ3v) is 1.70. The van der Waals surface area contributed by atoms with Gasteiger partial charge in [-0.2, -0.15) is 13.2 Å². The SMILES string of the molecule is CC(=O)Oc1c(C)nc(C(F)(F)F)nc1C. The minimum absolute atomic E-state index is 0.0185. The van der Waals surface area contributed by atoms with E-state index in [1.54, 1.807) is 0 Å². The number of aryl methyl sites for hydroxylation is 2.